The molecule has 202 valence electrons. The molecule has 2 aromatic carbocycles. The summed E-state index contributed by atoms with van der Waals surface area (Å²) < 4.78 is 4.83. The van der Waals surface area contributed by atoms with Crippen LogP contribution < -0.4 is 11.1 Å². The second-order valence-corrected chi connectivity index (χ2v) is 8.53. The van der Waals surface area contributed by atoms with E-state index in [4.69, 9.17) is 10.2 Å². The van der Waals surface area contributed by atoms with Crippen molar-refractivity contribution in [3.63, 3.8) is 0 Å². The molecule has 0 spiro atoms. The van der Waals surface area contributed by atoms with Crippen molar-refractivity contribution in [2.45, 2.75) is 80.6 Å². The Labute approximate surface area is 223 Å². The molecular formula is C32H46N2O3. The third-order valence-corrected chi connectivity index (χ3v) is 6.10. The van der Waals surface area contributed by atoms with Gasteiger partial charge in [-0.2, -0.15) is 0 Å². The summed E-state index contributed by atoms with van der Waals surface area (Å²) in [5.41, 5.74) is 12.2. The maximum absolute atomic E-state index is 12.2. The molecule has 0 saturated heterocycles. The number of nitrogens with two attached hydrogens (primary N) is 1. The van der Waals surface area contributed by atoms with Gasteiger partial charge in [0.1, 0.15) is 11.5 Å². The second kappa shape index (κ2) is 15.1. The lowest BCUT2D eigenvalue weighted by atomic mass is 9.92. The Morgan fingerprint density at radius 3 is 1.97 bits per heavy atom. The van der Waals surface area contributed by atoms with Crippen molar-refractivity contribution in [1.29, 1.82) is 0 Å². The third kappa shape index (κ3) is 7.59. The van der Waals surface area contributed by atoms with E-state index in [1.807, 2.05) is 92.6 Å². The molecule has 1 aliphatic carbocycles. The zero-order valence-electron chi connectivity index (χ0n) is 24.2. The van der Waals surface area contributed by atoms with Crippen LogP contribution in [0.1, 0.15) is 85.1 Å². The van der Waals surface area contributed by atoms with E-state index in [2.05, 4.69) is 17.4 Å². The number of hydrogen-bond acceptors (Lipinski definition) is 4. The molecule has 0 atom stereocenters. The fourth-order valence-corrected chi connectivity index (χ4v) is 4.06. The number of carbonyl (C=O) groups excluding carboxylic acids is 1. The summed E-state index contributed by atoms with van der Waals surface area (Å²) in [5.74, 6) is 1.03. The maximum atomic E-state index is 12.2. The van der Waals surface area contributed by atoms with Crippen LogP contribution in [-0.4, -0.2) is 17.6 Å². The SMILES string of the molecule is CC.CC.CC.CC(C)=C1C(=O)Nc2cc(O)c(-c3ccc(C4(CN)CC4)cc3)cc21.Cc1ccco1. The average molecular weight is 507 g/mol. The molecule has 1 aliphatic heterocycles. The van der Waals surface area contributed by atoms with Crippen LogP contribution in [0.25, 0.3) is 16.7 Å². The number of hydrogen-bond donors (Lipinski definition) is 3. The third-order valence-electron chi connectivity index (χ3n) is 6.10. The number of rotatable bonds is 3. The molecule has 37 heavy (non-hydrogen) atoms. The Morgan fingerprint density at radius 2 is 1.57 bits per heavy atom. The first-order valence-electron chi connectivity index (χ1n) is 13.5. The van der Waals surface area contributed by atoms with Crippen molar-refractivity contribution >= 4 is 17.2 Å². The van der Waals surface area contributed by atoms with Gasteiger partial charge in [-0.1, -0.05) is 71.4 Å². The van der Waals surface area contributed by atoms with E-state index < -0.39 is 0 Å². The Bertz CT molecular complexity index is 1140. The molecule has 5 rings (SSSR count). The average Bonchev–Trinajstić information content (AvgIpc) is 3.46. The van der Waals surface area contributed by atoms with Crippen molar-refractivity contribution in [1.82, 2.24) is 0 Å². The monoisotopic (exact) mass is 506 g/mol. The smallest absolute Gasteiger partial charge is 0.256 e. The van der Waals surface area contributed by atoms with Gasteiger partial charge >= 0.3 is 0 Å². The Morgan fingerprint density at radius 1 is 0.973 bits per heavy atom. The van der Waals surface area contributed by atoms with Crippen molar-refractivity contribution in [2.75, 3.05) is 11.9 Å². The minimum absolute atomic E-state index is 0.111. The number of anilines is 1. The quantitative estimate of drug-likeness (QED) is 0.311. The van der Waals surface area contributed by atoms with Crippen molar-refractivity contribution < 1.29 is 14.3 Å². The molecule has 2 aliphatic rings. The number of carbonyl (C=O) groups is 1. The lowest BCUT2D eigenvalue weighted by molar-refractivity contribution is -0.110. The van der Waals surface area contributed by atoms with Gasteiger partial charge in [0.15, 0.2) is 0 Å². The lowest BCUT2D eigenvalue weighted by Crippen LogP contribution is -2.19. The Kier molecular flexibility index (Phi) is 12.9. The normalized spacial score (nSPS) is 13.6. The number of amides is 1. The predicted octanol–water partition coefficient (Wildman–Crippen LogP) is 8.46. The molecule has 5 heteroatoms. The molecule has 3 aromatic rings. The van der Waals surface area contributed by atoms with E-state index >= 15 is 0 Å². The molecule has 1 fully saturated rings. The molecule has 4 N–H and O–H groups in total. The van der Waals surface area contributed by atoms with E-state index in [0.29, 0.717) is 17.8 Å². The first kappa shape index (κ1) is 31.7. The lowest BCUT2D eigenvalue weighted by Gasteiger charge is -2.14. The Hall–Kier alpha value is -3.31. The molecule has 1 saturated carbocycles. The first-order chi connectivity index (χ1) is 17.8. The fraction of sp³-hybridized carbons (Fsp3) is 0.406. The van der Waals surface area contributed by atoms with Crippen LogP contribution in [0.5, 0.6) is 5.75 Å². The summed E-state index contributed by atoms with van der Waals surface area (Å²) in [6.45, 7) is 18.4. The molecular weight excluding hydrogens is 460 g/mol. The molecule has 2 heterocycles. The number of allylic oxidation sites excluding steroid dienone is 1. The fourth-order valence-electron chi connectivity index (χ4n) is 4.06. The van der Waals surface area contributed by atoms with Gasteiger partial charge in [0.05, 0.1) is 12.0 Å². The van der Waals surface area contributed by atoms with E-state index in [9.17, 15) is 9.90 Å². The number of aromatic hydroxyl groups is 1. The van der Waals surface area contributed by atoms with E-state index in [0.717, 1.165) is 40.9 Å². The molecule has 0 bridgehead atoms. The number of fused-ring (bicyclic) bond motifs is 1. The number of nitrogens with one attached hydrogen (secondary N) is 1. The van der Waals surface area contributed by atoms with Crippen LogP contribution in [0.2, 0.25) is 0 Å². The molecule has 0 radical (unpaired) electrons. The number of phenolic OH excluding ortho intramolecular Hbond substituents is 1. The van der Waals surface area contributed by atoms with Crippen LogP contribution in [0, 0.1) is 6.92 Å². The van der Waals surface area contributed by atoms with Crippen molar-refractivity contribution in [3.05, 3.63) is 77.3 Å². The van der Waals surface area contributed by atoms with E-state index in [1.54, 1.807) is 12.3 Å². The van der Waals surface area contributed by atoms with Gasteiger partial charge in [-0.15, -0.1) is 0 Å². The van der Waals surface area contributed by atoms with Crippen LogP contribution in [-0.2, 0) is 10.2 Å². The summed E-state index contributed by atoms with van der Waals surface area (Å²) in [6, 6.07) is 15.6. The maximum Gasteiger partial charge on any atom is 0.256 e. The van der Waals surface area contributed by atoms with Gasteiger partial charge in [0.25, 0.3) is 5.91 Å². The highest BCUT2D eigenvalue weighted by molar-refractivity contribution is 6.32. The van der Waals surface area contributed by atoms with Gasteiger partial charge < -0.3 is 20.6 Å². The highest BCUT2D eigenvalue weighted by Gasteiger charge is 2.42. The van der Waals surface area contributed by atoms with Crippen LogP contribution in [0.4, 0.5) is 5.69 Å². The highest BCUT2D eigenvalue weighted by Crippen LogP contribution is 2.48. The standard InChI is InChI=1S/C21H22N2O2.C5H6O.3C2H6/c1-12(2)19-16-9-15(18(24)10-17(16)23-20(19)25)13-3-5-14(6-4-13)21(11-22)7-8-21;1-5-3-2-4-6-5;3*1-2/h3-6,9-10,24H,7-8,11,22H2,1-2H3,(H,23,25);2-4H,1H3;3*1-2H3. The number of aryl methyl sites for hydroxylation is 1. The van der Waals surface area contributed by atoms with Crippen molar-refractivity contribution in [2.24, 2.45) is 5.73 Å². The predicted molar refractivity (Wildman–Crippen MR) is 158 cm³/mol. The summed E-state index contributed by atoms with van der Waals surface area (Å²) in [7, 11) is 0. The molecule has 5 nitrogen and oxygen atoms in total. The zero-order valence-corrected chi connectivity index (χ0v) is 24.2. The van der Waals surface area contributed by atoms with Crippen LogP contribution >= 0.6 is 0 Å². The number of phenols is 1. The number of furan rings is 1. The van der Waals surface area contributed by atoms with E-state index in [1.165, 1.54) is 5.56 Å². The summed E-state index contributed by atoms with van der Waals surface area (Å²) in [4.78, 5) is 12.2. The topological polar surface area (TPSA) is 88.5 Å². The molecule has 0 unspecified atom stereocenters. The Balaban J connectivity index is 0.000000483. The van der Waals surface area contributed by atoms with Crippen LogP contribution in [0.3, 0.4) is 0 Å². The van der Waals surface area contributed by atoms with Gasteiger partial charge in [-0.25, -0.2) is 0 Å². The van der Waals surface area contributed by atoms with E-state index in [-0.39, 0.29) is 17.1 Å². The van der Waals surface area contributed by atoms with Gasteiger partial charge in [0.2, 0.25) is 0 Å². The minimum atomic E-state index is -0.111. The summed E-state index contributed by atoms with van der Waals surface area (Å²) >= 11 is 0. The minimum Gasteiger partial charge on any atom is -0.507 e. The van der Waals surface area contributed by atoms with Crippen molar-refractivity contribution in [3.8, 4) is 16.9 Å². The molecule has 1 amide bonds. The molecule has 1 aromatic heterocycles. The summed E-state index contributed by atoms with van der Waals surface area (Å²) in [6.07, 6.45) is 3.95. The number of benzene rings is 2. The summed E-state index contributed by atoms with van der Waals surface area (Å²) in [5, 5.41) is 13.3. The first-order valence-corrected chi connectivity index (χ1v) is 13.5. The van der Waals surface area contributed by atoms with Crippen LogP contribution in [0.15, 0.2) is 64.8 Å². The zero-order chi connectivity index (χ0) is 28.2. The largest absolute Gasteiger partial charge is 0.507 e. The van der Waals surface area contributed by atoms with Gasteiger partial charge in [-0.3, -0.25) is 4.79 Å². The van der Waals surface area contributed by atoms with Gasteiger partial charge in [0, 0.05) is 34.7 Å². The highest BCUT2D eigenvalue weighted by atomic mass is 16.3. The van der Waals surface area contributed by atoms with Gasteiger partial charge in [-0.05, 0) is 62.9 Å². The second-order valence-electron chi connectivity index (χ2n) is 8.53.